The molecule has 1 aromatic carbocycles. The van der Waals surface area contributed by atoms with Crippen molar-refractivity contribution in [2.24, 2.45) is 0 Å². The van der Waals surface area contributed by atoms with Crippen LogP contribution in [0.2, 0.25) is 5.02 Å². The van der Waals surface area contributed by atoms with E-state index in [4.69, 9.17) is 11.6 Å². The van der Waals surface area contributed by atoms with Gasteiger partial charge in [0.15, 0.2) is 0 Å². The Labute approximate surface area is 129 Å². The summed E-state index contributed by atoms with van der Waals surface area (Å²) in [7, 11) is 2.08. The lowest BCUT2D eigenvalue weighted by Gasteiger charge is -2.19. The average Bonchev–Trinajstić information content (AvgIpc) is 3.24. The number of carbonyl (C=O) groups is 1. The molecule has 0 amide bonds. The van der Waals surface area contributed by atoms with Crippen molar-refractivity contribution in [1.29, 1.82) is 0 Å². The third-order valence-electron chi connectivity index (χ3n) is 3.94. The Kier molecular flexibility index (Phi) is 4.08. The molecule has 0 N–H and O–H groups in total. The number of carbonyl (C=O) groups excluding carboxylic acids is 1. The normalized spacial score (nSPS) is 16.1. The summed E-state index contributed by atoms with van der Waals surface area (Å²) in [5.41, 5.74) is 1.89. The van der Waals surface area contributed by atoms with Crippen LogP contribution in [0.5, 0.6) is 0 Å². The molecule has 110 valence electrons. The number of nitrogens with zero attached hydrogens (tertiary/aromatic N) is 3. The second-order valence-electron chi connectivity index (χ2n) is 5.61. The van der Waals surface area contributed by atoms with Gasteiger partial charge >= 0.3 is 0 Å². The number of aromatic nitrogens is 2. The van der Waals surface area contributed by atoms with Gasteiger partial charge in [-0.15, -0.1) is 0 Å². The first-order valence-electron chi connectivity index (χ1n) is 7.13. The number of halogens is 1. The molecule has 1 saturated carbocycles. The van der Waals surface area contributed by atoms with Crippen LogP contribution < -0.4 is 0 Å². The van der Waals surface area contributed by atoms with Crippen molar-refractivity contribution in [3.05, 3.63) is 47.2 Å². The maximum atomic E-state index is 11.4. The highest BCUT2D eigenvalue weighted by atomic mass is 35.5. The number of likely N-dealkylation sites (N-methyl/N-ethyl adjacent to an activating group) is 1. The Balaban J connectivity index is 1.75. The fraction of sp³-hybridized carbons (Fsp3) is 0.375. The van der Waals surface area contributed by atoms with Gasteiger partial charge in [-0.2, -0.15) is 5.10 Å². The Morgan fingerprint density at radius 2 is 2.14 bits per heavy atom. The van der Waals surface area contributed by atoms with E-state index >= 15 is 0 Å². The quantitative estimate of drug-likeness (QED) is 0.770. The SMILES string of the molecule is CN(CC(C=O)c1cnn(-c2ccc(Cl)cc2)c1)C1CC1. The zero-order valence-electron chi connectivity index (χ0n) is 11.9. The number of rotatable bonds is 6. The van der Waals surface area contributed by atoms with Gasteiger partial charge in [0.25, 0.3) is 0 Å². The van der Waals surface area contributed by atoms with Crippen LogP contribution in [0.4, 0.5) is 0 Å². The van der Waals surface area contributed by atoms with E-state index in [1.54, 1.807) is 10.9 Å². The molecule has 1 atom stereocenters. The number of hydrogen-bond donors (Lipinski definition) is 0. The van der Waals surface area contributed by atoms with Gasteiger partial charge in [0, 0.05) is 29.4 Å². The Morgan fingerprint density at radius 3 is 2.76 bits per heavy atom. The molecule has 0 saturated heterocycles. The number of aldehydes is 1. The summed E-state index contributed by atoms with van der Waals surface area (Å²) < 4.78 is 1.78. The highest BCUT2D eigenvalue weighted by Gasteiger charge is 2.28. The van der Waals surface area contributed by atoms with Crippen molar-refractivity contribution in [3.63, 3.8) is 0 Å². The van der Waals surface area contributed by atoms with Gasteiger partial charge in [0.2, 0.25) is 0 Å². The summed E-state index contributed by atoms with van der Waals surface area (Å²) in [6.45, 7) is 0.750. The third-order valence-corrected chi connectivity index (χ3v) is 4.19. The predicted molar refractivity (Wildman–Crippen MR) is 83.0 cm³/mol. The highest BCUT2D eigenvalue weighted by Crippen LogP contribution is 2.27. The van der Waals surface area contributed by atoms with Crippen molar-refractivity contribution in [2.45, 2.75) is 24.8 Å². The minimum Gasteiger partial charge on any atom is -0.303 e. The van der Waals surface area contributed by atoms with Crippen LogP contribution in [-0.2, 0) is 4.79 Å². The molecule has 2 aromatic rings. The first-order chi connectivity index (χ1) is 10.2. The predicted octanol–water partition coefficient (Wildman–Crippen LogP) is 2.90. The van der Waals surface area contributed by atoms with Crippen LogP contribution in [0.15, 0.2) is 36.7 Å². The number of hydrogen-bond acceptors (Lipinski definition) is 3. The molecular weight excluding hydrogens is 286 g/mol. The van der Waals surface area contributed by atoms with E-state index in [1.165, 1.54) is 12.8 Å². The topological polar surface area (TPSA) is 38.1 Å². The molecule has 1 aliphatic carbocycles. The average molecular weight is 304 g/mol. The first kappa shape index (κ1) is 14.3. The fourth-order valence-electron chi connectivity index (χ4n) is 2.46. The van der Waals surface area contributed by atoms with Gasteiger partial charge in [-0.1, -0.05) is 11.6 Å². The molecule has 1 heterocycles. The van der Waals surface area contributed by atoms with Crippen LogP contribution in [0, 0.1) is 0 Å². The standard InChI is InChI=1S/C16H18ClN3O/c1-19(15-6-7-15)9-13(11-21)12-8-18-20(10-12)16-4-2-14(17)3-5-16/h2-5,8,10-11,13,15H,6-7,9H2,1H3. The van der Waals surface area contributed by atoms with Crippen LogP contribution in [0.1, 0.15) is 24.3 Å². The summed E-state index contributed by atoms with van der Waals surface area (Å²) in [5, 5.41) is 5.05. The molecule has 1 unspecified atom stereocenters. The van der Waals surface area contributed by atoms with Crippen molar-refractivity contribution < 1.29 is 4.79 Å². The molecular formula is C16H18ClN3O. The maximum absolute atomic E-state index is 11.4. The number of benzene rings is 1. The second kappa shape index (κ2) is 6.00. The van der Waals surface area contributed by atoms with Crippen LogP contribution in [0.25, 0.3) is 5.69 Å². The minimum atomic E-state index is -0.128. The summed E-state index contributed by atoms with van der Waals surface area (Å²) >= 11 is 5.89. The van der Waals surface area contributed by atoms with Gasteiger partial charge in [-0.05, 0) is 44.2 Å². The highest BCUT2D eigenvalue weighted by molar-refractivity contribution is 6.30. The molecule has 1 fully saturated rings. The summed E-state index contributed by atoms with van der Waals surface area (Å²) in [4.78, 5) is 13.7. The summed E-state index contributed by atoms with van der Waals surface area (Å²) in [6, 6.07) is 8.13. The van der Waals surface area contributed by atoms with Crippen molar-refractivity contribution >= 4 is 17.9 Å². The van der Waals surface area contributed by atoms with Crippen molar-refractivity contribution in [1.82, 2.24) is 14.7 Å². The zero-order chi connectivity index (χ0) is 14.8. The monoisotopic (exact) mass is 303 g/mol. The van der Waals surface area contributed by atoms with Gasteiger partial charge in [-0.3, -0.25) is 0 Å². The summed E-state index contributed by atoms with van der Waals surface area (Å²) in [6.07, 6.45) is 7.19. The lowest BCUT2D eigenvalue weighted by Crippen LogP contribution is -2.27. The molecule has 1 aliphatic rings. The van der Waals surface area contributed by atoms with Crippen LogP contribution in [0.3, 0.4) is 0 Å². The van der Waals surface area contributed by atoms with E-state index in [2.05, 4.69) is 17.0 Å². The minimum absolute atomic E-state index is 0.128. The van der Waals surface area contributed by atoms with E-state index in [9.17, 15) is 4.79 Å². The molecule has 0 radical (unpaired) electrons. The van der Waals surface area contributed by atoms with Crippen molar-refractivity contribution in [2.75, 3.05) is 13.6 Å². The van der Waals surface area contributed by atoms with Crippen molar-refractivity contribution in [3.8, 4) is 5.69 Å². The lowest BCUT2D eigenvalue weighted by molar-refractivity contribution is -0.109. The van der Waals surface area contributed by atoms with E-state index in [1.807, 2.05) is 30.5 Å². The maximum Gasteiger partial charge on any atom is 0.128 e. The van der Waals surface area contributed by atoms with E-state index in [0.717, 1.165) is 24.1 Å². The van der Waals surface area contributed by atoms with E-state index < -0.39 is 0 Å². The molecule has 4 nitrogen and oxygen atoms in total. The Hall–Kier alpha value is -1.65. The molecule has 0 spiro atoms. The van der Waals surface area contributed by atoms with E-state index in [0.29, 0.717) is 11.1 Å². The molecule has 21 heavy (non-hydrogen) atoms. The lowest BCUT2D eigenvalue weighted by atomic mass is 10.0. The molecule has 5 heteroatoms. The van der Waals surface area contributed by atoms with Gasteiger partial charge in [-0.25, -0.2) is 4.68 Å². The van der Waals surface area contributed by atoms with E-state index in [-0.39, 0.29) is 5.92 Å². The second-order valence-corrected chi connectivity index (χ2v) is 6.04. The van der Waals surface area contributed by atoms with Gasteiger partial charge in [0.1, 0.15) is 6.29 Å². The summed E-state index contributed by atoms with van der Waals surface area (Å²) in [5.74, 6) is -0.128. The molecule has 0 bridgehead atoms. The largest absolute Gasteiger partial charge is 0.303 e. The third kappa shape index (κ3) is 3.34. The van der Waals surface area contributed by atoms with Gasteiger partial charge < -0.3 is 9.69 Å². The van der Waals surface area contributed by atoms with Crippen LogP contribution in [-0.4, -0.2) is 40.6 Å². The van der Waals surface area contributed by atoms with Crippen LogP contribution >= 0.6 is 11.6 Å². The molecule has 1 aromatic heterocycles. The first-order valence-corrected chi connectivity index (χ1v) is 7.51. The fourth-order valence-corrected chi connectivity index (χ4v) is 2.59. The zero-order valence-corrected chi connectivity index (χ0v) is 12.7. The molecule has 3 rings (SSSR count). The molecule has 0 aliphatic heterocycles. The Morgan fingerprint density at radius 1 is 1.43 bits per heavy atom. The smallest absolute Gasteiger partial charge is 0.128 e. The Bertz CT molecular complexity index is 619. The van der Waals surface area contributed by atoms with Gasteiger partial charge in [0.05, 0.1) is 17.8 Å².